The second-order valence-corrected chi connectivity index (χ2v) is 17.1. The van der Waals surface area contributed by atoms with Crippen LogP contribution in [0.4, 0.5) is 8.78 Å². The highest BCUT2D eigenvalue weighted by atomic mass is 35.5. The Morgan fingerprint density at radius 3 is 2.43 bits per heavy atom. The molecule has 3 aromatic carbocycles. The van der Waals surface area contributed by atoms with Crippen molar-refractivity contribution in [3.63, 3.8) is 0 Å². The van der Waals surface area contributed by atoms with Crippen molar-refractivity contribution in [2.24, 2.45) is 5.41 Å². The second kappa shape index (κ2) is 11.1. The number of fused-ring (bicyclic) bond motifs is 3. The minimum absolute atomic E-state index is 0.0458. The van der Waals surface area contributed by atoms with Gasteiger partial charge in [0.2, 0.25) is 5.91 Å². The van der Waals surface area contributed by atoms with Crippen LogP contribution in [-0.4, -0.2) is 51.7 Å². The van der Waals surface area contributed by atoms with Crippen molar-refractivity contribution in [3.8, 4) is 5.75 Å². The number of rotatable bonds is 6. The molecular weight excluding hydrogens is 632 g/mol. The lowest BCUT2D eigenvalue weighted by Gasteiger charge is -2.45. The number of benzene rings is 3. The summed E-state index contributed by atoms with van der Waals surface area (Å²) in [7, 11) is -7.39. The van der Waals surface area contributed by atoms with Gasteiger partial charge in [0.25, 0.3) is 0 Å². The van der Waals surface area contributed by atoms with Crippen LogP contribution in [0.5, 0.6) is 5.75 Å². The van der Waals surface area contributed by atoms with E-state index in [1.54, 1.807) is 36.1 Å². The van der Waals surface area contributed by atoms with Crippen LogP contribution in [-0.2, 0) is 42.2 Å². The first-order chi connectivity index (χ1) is 20.8. The summed E-state index contributed by atoms with van der Waals surface area (Å²) in [6.07, 6.45) is 1.27. The number of likely N-dealkylation sites (tertiary alicyclic amines) is 1. The molecule has 12 heteroatoms. The van der Waals surface area contributed by atoms with Gasteiger partial charge in [-0.25, -0.2) is 25.6 Å². The zero-order chi connectivity index (χ0) is 31.5. The van der Waals surface area contributed by atoms with Crippen LogP contribution < -0.4 is 4.74 Å². The molecule has 0 unspecified atom stereocenters. The molecule has 1 amide bonds. The molecule has 2 atom stereocenters. The van der Waals surface area contributed by atoms with E-state index in [0.717, 1.165) is 17.7 Å². The zero-order valence-corrected chi connectivity index (χ0v) is 26.5. The van der Waals surface area contributed by atoms with Crippen LogP contribution in [0, 0.1) is 17.0 Å². The highest BCUT2D eigenvalue weighted by molar-refractivity contribution is 7.92. The summed E-state index contributed by atoms with van der Waals surface area (Å²) in [5.41, 5.74) is 0.554. The SMILES string of the molecule is CC1(C(=O)N2CC[C@@]3(S(=O)(=O)c4ccc(F)cc4)c4ccc(OCc5c(F)cccc5Cl)cc4CC[C@@H]23)CCS(=O)(=O)CC1. The molecule has 6 rings (SSSR count). The fourth-order valence-corrected chi connectivity index (χ4v) is 11.3. The minimum Gasteiger partial charge on any atom is -0.489 e. The Hall–Kier alpha value is -3.02. The number of amides is 1. The van der Waals surface area contributed by atoms with E-state index >= 15 is 0 Å². The molecule has 7 nitrogen and oxygen atoms in total. The molecule has 3 aromatic rings. The molecule has 2 fully saturated rings. The number of ether oxygens (including phenoxy) is 1. The van der Waals surface area contributed by atoms with E-state index in [2.05, 4.69) is 0 Å². The van der Waals surface area contributed by atoms with Crippen LogP contribution in [0.1, 0.15) is 49.3 Å². The van der Waals surface area contributed by atoms with Gasteiger partial charge in [-0.2, -0.15) is 0 Å². The first kappa shape index (κ1) is 31.0. The summed E-state index contributed by atoms with van der Waals surface area (Å²) in [4.78, 5) is 15.7. The van der Waals surface area contributed by atoms with Gasteiger partial charge >= 0.3 is 0 Å². The maximum Gasteiger partial charge on any atom is 0.228 e. The predicted octanol–water partition coefficient (Wildman–Crippen LogP) is 5.63. The van der Waals surface area contributed by atoms with Crippen molar-refractivity contribution >= 4 is 37.2 Å². The van der Waals surface area contributed by atoms with Gasteiger partial charge in [-0.1, -0.05) is 30.7 Å². The van der Waals surface area contributed by atoms with Crippen molar-refractivity contribution in [2.45, 2.75) is 61.3 Å². The van der Waals surface area contributed by atoms with Crippen LogP contribution in [0.25, 0.3) is 0 Å². The molecule has 2 saturated heterocycles. The number of carbonyl (C=O) groups is 1. The van der Waals surface area contributed by atoms with E-state index in [4.69, 9.17) is 16.3 Å². The fraction of sp³-hybridized carbons (Fsp3) is 0.406. The predicted molar refractivity (Wildman–Crippen MR) is 162 cm³/mol. The molecule has 0 saturated carbocycles. The molecule has 0 spiro atoms. The van der Waals surface area contributed by atoms with Crippen molar-refractivity contribution in [3.05, 3.63) is 94.0 Å². The van der Waals surface area contributed by atoms with Crippen molar-refractivity contribution < 1.29 is 35.1 Å². The van der Waals surface area contributed by atoms with Crippen LogP contribution in [0.15, 0.2) is 65.6 Å². The summed E-state index contributed by atoms with van der Waals surface area (Å²) in [6, 6.07) is 13.4. The summed E-state index contributed by atoms with van der Waals surface area (Å²) < 4.78 is 86.0. The van der Waals surface area contributed by atoms with Gasteiger partial charge in [-0.15, -0.1) is 0 Å². The maximum absolute atomic E-state index is 14.6. The smallest absolute Gasteiger partial charge is 0.228 e. The number of halogens is 3. The monoisotopic (exact) mass is 663 g/mol. The number of hydrogen-bond acceptors (Lipinski definition) is 6. The second-order valence-electron chi connectivity index (χ2n) is 12.2. The largest absolute Gasteiger partial charge is 0.489 e. The van der Waals surface area contributed by atoms with Crippen LogP contribution in [0.2, 0.25) is 5.02 Å². The lowest BCUT2D eigenvalue weighted by molar-refractivity contribution is -0.143. The standard InChI is InChI=1S/C32H32ClF2NO6S2/c1-31(14-17-43(38,39)18-15-31)30(37)36-16-13-32(44(40,41)24-9-6-22(34)7-10-24)26-11-8-23(19-21(26)5-12-29(32)36)42-20-25-27(33)3-2-4-28(25)35/h2-4,6-11,19,29H,5,12-18,20H2,1H3/t29-,32-/m1/s1. The molecule has 0 radical (unpaired) electrons. The Bertz CT molecular complexity index is 1810. The molecule has 234 valence electrons. The number of nitrogens with zero attached hydrogens (tertiary/aromatic N) is 1. The van der Waals surface area contributed by atoms with Gasteiger partial charge in [0.1, 0.15) is 38.6 Å². The van der Waals surface area contributed by atoms with Gasteiger partial charge in [0.05, 0.1) is 27.5 Å². The maximum atomic E-state index is 14.6. The summed E-state index contributed by atoms with van der Waals surface area (Å²) in [5, 5.41) is 0.232. The average Bonchev–Trinajstić information content (AvgIpc) is 3.40. The lowest BCUT2D eigenvalue weighted by Crippen LogP contribution is -2.55. The highest BCUT2D eigenvalue weighted by Crippen LogP contribution is 2.54. The molecule has 2 aliphatic heterocycles. The van der Waals surface area contributed by atoms with Gasteiger partial charge in [-0.05, 0) is 91.8 Å². The number of sulfone groups is 2. The molecule has 3 aliphatic rings. The average molecular weight is 664 g/mol. The molecule has 44 heavy (non-hydrogen) atoms. The Morgan fingerprint density at radius 1 is 1.05 bits per heavy atom. The highest BCUT2D eigenvalue weighted by Gasteiger charge is 2.62. The van der Waals surface area contributed by atoms with Gasteiger partial charge in [0, 0.05) is 17.5 Å². The molecule has 2 heterocycles. The lowest BCUT2D eigenvalue weighted by atomic mass is 9.77. The van der Waals surface area contributed by atoms with Crippen molar-refractivity contribution in [1.29, 1.82) is 0 Å². The zero-order valence-electron chi connectivity index (χ0n) is 24.1. The fourth-order valence-electron chi connectivity index (χ4n) is 7.04. The summed E-state index contributed by atoms with van der Waals surface area (Å²) in [5.74, 6) is -1.06. The van der Waals surface area contributed by atoms with Gasteiger partial charge in [0.15, 0.2) is 9.84 Å². The molecule has 1 aliphatic carbocycles. The quantitative estimate of drug-likeness (QED) is 0.317. The summed E-state index contributed by atoms with van der Waals surface area (Å²) in [6.45, 7) is 1.82. The van der Waals surface area contributed by atoms with E-state index < -0.39 is 47.5 Å². The van der Waals surface area contributed by atoms with E-state index in [1.165, 1.54) is 24.3 Å². The molecule has 0 aromatic heterocycles. The molecule has 0 bridgehead atoms. The van der Waals surface area contributed by atoms with Crippen LogP contribution in [0.3, 0.4) is 0 Å². The van der Waals surface area contributed by atoms with Crippen molar-refractivity contribution in [2.75, 3.05) is 18.1 Å². The third kappa shape index (κ3) is 5.10. The number of carbonyl (C=O) groups excluding carboxylic acids is 1. The number of aryl methyl sites for hydroxylation is 1. The van der Waals surface area contributed by atoms with E-state index in [-0.39, 0.29) is 65.3 Å². The van der Waals surface area contributed by atoms with E-state index in [0.29, 0.717) is 24.2 Å². The first-order valence-electron chi connectivity index (χ1n) is 14.5. The van der Waals surface area contributed by atoms with Crippen LogP contribution >= 0.6 is 11.6 Å². The Morgan fingerprint density at radius 2 is 1.75 bits per heavy atom. The number of hydrogen-bond donors (Lipinski definition) is 0. The molecule has 0 N–H and O–H groups in total. The topological polar surface area (TPSA) is 97.8 Å². The Kier molecular flexibility index (Phi) is 7.82. The minimum atomic E-state index is -4.17. The van der Waals surface area contributed by atoms with E-state index in [1.807, 2.05) is 0 Å². The third-order valence-corrected chi connectivity index (χ3v) is 14.2. The first-order valence-corrected chi connectivity index (χ1v) is 18.2. The normalized spacial score (nSPS) is 23.9. The Balaban J connectivity index is 1.39. The molecular formula is C32H32ClF2NO6S2. The summed E-state index contributed by atoms with van der Waals surface area (Å²) >= 11 is 6.16. The van der Waals surface area contributed by atoms with Gasteiger partial charge in [-0.3, -0.25) is 4.79 Å². The van der Waals surface area contributed by atoms with E-state index in [9.17, 15) is 30.4 Å². The Labute approximate surface area is 261 Å². The van der Waals surface area contributed by atoms with Gasteiger partial charge < -0.3 is 9.64 Å². The third-order valence-electron chi connectivity index (χ3n) is 9.61. The van der Waals surface area contributed by atoms with Crippen molar-refractivity contribution in [1.82, 2.24) is 4.90 Å².